The minimum absolute atomic E-state index is 0.387. The van der Waals surface area contributed by atoms with E-state index in [0.29, 0.717) is 11.5 Å². The molecule has 0 bridgehead atoms. The molecule has 6 aromatic rings. The van der Waals surface area contributed by atoms with Crippen molar-refractivity contribution in [2.45, 2.75) is 32.2 Å². The molecule has 8 nitrogen and oxygen atoms in total. The number of rotatable bonds is 6. The zero-order valence-electron chi connectivity index (χ0n) is 23.4. The lowest BCUT2D eigenvalue weighted by atomic mass is 9.95. The zero-order valence-corrected chi connectivity index (χ0v) is 23.4. The predicted molar refractivity (Wildman–Crippen MR) is 162 cm³/mol. The molecule has 8 heteroatoms. The Morgan fingerprint density at radius 2 is 1.71 bits per heavy atom. The van der Waals surface area contributed by atoms with Crippen molar-refractivity contribution in [3.8, 4) is 40.0 Å². The number of nitrogens with zero attached hydrogens (tertiary/aromatic N) is 7. The van der Waals surface area contributed by atoms with Crippen LogP contribution in [-0.4, -0.2) is 47.5 Å². The Bertz CT molecular complexity index is 1890. The number of fused-ring (bicyclic) bond motifs is 1. The normalized spacial score (nSPS) is 14.3. The lowest BCUT2D eigenvalue weighted by Gasteiger charge is -2.30. The minimum atomic E-state index is 0.387. The molecule has 42 heavy (non-hydrogen) atoms. The molecule has 0 atom stereocenters. The summed E-state index contributed by atoms with van der Waals surface area (Å²) < 4.78 is 2.04. The first-order valence-corrected chi connectivity index (χ1v) is 14.3. The Kier molecular flexibility index (Phi) is 6.78. The van der Waals surface area contributed by atoms with Crippen LogP contribution < -0.4 is 0 Å². The van der Waals surface area contributed by atoms with Gasteiger partial charge in [-0.1, -0.05) is 54.6 Å². The quantitative estimate of drug-likeness (QED) is 0.257. The average Bonchev–Trinajstić information content (AvgIpc) is 3.70. The number of hydrogen-bond acceptors (Lipinski definition) is 6. The Morgan fingerprint density at radius 1 is 0.905 bits per heavy atom. The highest BCUT2D eigenvalue weighted by Crippen LogP contribution is 2.33. The Labute approximate surface area is 244 Å². The maximum atomic E-state index is 9.24. The van der Waals surface area contributed by atoms with Gasteiger partial charge < -0.3 is 4.98 Å². The van der Waals surface area contributed by atoms with Crippen molar-refractivity contribution in [2.75, 3.05) is 13.1 Å². The summed E-state index contributed by atoms with van der Waals surface area (Å²) in [5.74, 6) is 2.09. The van der Waals surface area contributed by atoms with Crippen LogP contribution in [0.4, 0.5) is 0 Å². The van der Waals surface area contributed by atoms with E-state index in [1.807, 2.05) is 54.2 Å². The second-order valence-corrected chi connectivity index (χ2v) is 11.0. The number of imidazole rings is 1. The third kappa shape index (κ3) is 5.06. The van der Waals surface area contributed by atoms with Crippen LogP contribution in [-0.2, 0) is 6.54 Å². The fraction of sp³-hybridized carbons (Fsp3) is 0.206. The van der Waals surface area contributed by atoms with Gasteiger partial charge in [0, 0.05) is 30.4 Å². The van der Waals surface area contributed by atoms with Crippen LogP contribution in [0.5, 0.6) is 0 Å². The molecule has 1 aliphatic heterocycles. The largest absolute Gasteiger partial charge is 0.323 e. The number of aromatic nitrogens is 6. The van der Waals surface area contributed by atoms with Crippen LogP contribution >= 0.6 is 0 Å². The van der Waals surface area contributed by atoms with E-state index in [0.717, 1.165) is 77.9 Å². The number of likely N-dealkylation sites (tertiary alicyclic amines) is 1. The first kappa shape index (κ1) is 25.8. The molecule has 0 saturated carbocycles. The van der Waals surface area contributed by atoms with E-state index in [2.05, 4.69) is 84.6 Å². The molecular formula is C34H30N8. The molecule has 0 spiro atoms. The van der Waals surface area contributed by atoms with E-state index >= 15 is 0 Å². The van der Waals surface area contributed by atoms with Crippen LogP contribution in [0.15, 0.2) is 91.4 Å². The minimum Gasteiger partial charge on any atom is -0.323 e. The van der Waals surface area contributed by atoms with Gasteiger partial charge in [0.25, 0.3) is 0 Å². The van der Waals surface area contributed by atoms with Gasteiger partial charge in [0.1, 0.15) is 17.2 Å². The fourth-order valence-corrected chi connectivity index (χ4v) is 5.80. The monoisotopic (exact) mass is 550 g/mol. The third-order valence-corrected chi connectivity index (χ3v) is 8.15. The topological polar surface area (TPSA) is 98.8 Å². The molecule has 1 fully saturated rings. The number of nitrogens with one attached hydrogen (secondary N) is 1. The number of benzene rings is 2. The summed E-state index contributed by atoms with van der Waals surface area (Å²) in [6.07, 6.45) is 7.76. The highest BCUT2D eigenvalue weighted by atomic mass is 15.2. The first-order chi connectivity index (χ1) is 20.6. The molecule has 2 aromatic carbocycles. The molecule has 0 unspecified atom stereocenters. The molecule has 1 saturated heterocycles. The number of aromatic amines is 1. The van der Waals surface area contributed by atoms with Gasteiger partial charge in [0.05, 0.1) is 23.5 Å². The first-order valence-electron chi connectivity index (χ1n) is 14.3. The van der Waals surface area contributed by atoms with Gasteiger partial charge in [-0.2, -0.15) is 5.26 Å². The van der Waals surface area contributed by atoms with Crippen molar-refractivity contribution >= 4 is 5.65 Å². The second kappa shape index (κ2) is 11.0. The van der Waals surface area contributed by atoms with Crippen molar-refractivity contribution in [3.63, 3.8) is 0 Å². The molecule has 0 amide bonds. The lowest BCUT2D eigenvalue weighted by Crippen LogP contribution is -2.32. The second-order valence-electron chi connectivity index (χ2n) is 11.0. The van der Waals surface area contributed by atoms with Crippen LogP contribution in [0, 0.1) is 18.3 Å². The van der Waals surface area contributed by atoms with Gasteiger partial charge >= 0.3 is 0 Å². The van der Waals surface area contributed by atoms with Crippen molar-refractivity contribution in [1.29, 1.82) is 5.26 Å². The summed E-state index contributed by atoms with van der Waals surface area (Å²) in [4.78, 5) is 15.0. The van der Waals surface area contributed by atoms with E-state index < -0.39 is 0 Å². The fourth-order valence-electron chi connectivity index (χ4n) is 5.80. The number of H-pyrrole nitrogens is 1. The van der Waals surface area contributed by atoms with E-state index in [-0.39, 0.29) is 0 Å². The summed E-state index contributed by atoms with van der Waals surface area (Å²) >= 11 is 0. The maximum Gasteiger partial charge on any atom is 0.179 e. The highest BCUT2D eigenvalue weighted by Gasteiger charge is 2.24. The van der Waals surface area contributed by atoms with E-state index in [1.165, 1.54) is 11.1 Å². The Balaban J connectivity index is 1.02. The summed E-state index contributed by atoms with van der Waals surface area (Å²) in [5, 5.41) is 18.1. The molecule has 0 aliphatic carbocycles. The predicted octanol–water partition coefficient (Wildman–Crippen LogP) is 6.41. The van der Waals surface area contributed by atoms with Crippen LogP contribution in [0.25, 0.3) is 39.5 Å². The van der Waals surface area contributed by atoms with Crippen molar-refractivity contribution in [3.05, 3.63) is 114 Å². The molecule has 7 rings (SSSR count). The molecule has 206 valence electrons. The highest BCUT2D eigenvalue weighted by molar-refractivity contribution is 5.83. The van der Waals surface area contributed by atoms with Gasteiger partial charge in [0.15, 0.2) is 5.82 Å². The molecule has 4 aromatic heterocycles. The SMILES string of the molecule is Cc1ccc(-c2nnc(C3CCN(Cc4ccc(-c5ccccc5-c5cnc6cc(C#N)ccn56)cc4)CC3)[nH]2)nc1. The Hall–Kier alpha value is -5.13. The zero-order chi connectivity index (χ0) is 28.5. The standard InChI is InChI=1S/C34H30N8/c1-23-6-11-30(36-20-23)34-38-33(39-40-34)27-13-15-41(16-14-27)22-24-7-9-26(10-8-24)28-4-2-3-5-29(28)31-21-37-32-18-25(19-35)12-17-42(31)32/h2-12,17-18,20-21,27H,13-16,22H2,1H3,(H,38,39,40). The smallest absolute Gasteiger partial charge is 0.179 e. The summed E-state index contributed by atoms with van der Waals surface area (Å²) in [6, 6.07) is 27.2. The lowest BCUT2D eigenvalue weighted by molar-refractivity contribution is 0.202. The molecule has 1 aliphatic rings. The van der Waals surface area contributed by atoms with Crippen molar-refractivity contribution in [2.24, 2.45) is 0 Å². The molecule has 0 radical (unpaired) electrons. The van der Waals surface area contributed by atoms with E-state index in [1.54, 1.807) is 0 Å². The van der Waals surface area contributed by atoms with Crippen LogP contribution in [0.1, 0.15) is 41.3 Å². The summed E-state index contributed by atoms with van der Waals surface area (Å²) in [5.41, 5.74) is 9.08. The summed E-state index contributed by atoms with van der Waals surface area (Å²) in [6.45, 7) is 5.01. The van der Waals surface area contributed by atoms with E-state index in [4.69, 9.17) is 0 Å². The number of nitriles is 1. The molecule has 5 heterocycles. The van der Waals surface area contributed by atoms with Gasteiger partial charge in [-0.25, -0.2) is 4.98 Å². The van der Waals surface area contributed by atoms with Gasteiger partial charge in [0.2, 0.25) is 0 Å². The average molecular weight is 551 g/mol. The van der Waals surface area contributed by atoms with Gasteiger partial charge in [-0.15, -0.1) is 10.2 Å². The number of piperidine rings is 1. The van der Waals surface area contributed by atoms with Gasteiger partial charge in [-0.3, -0.25) is 14.3 Å². The number of hydrogen-bond donors (Lipinski definition) is 1. The van der Waals surface area contributed by atoms with Gasteiger partial charge in [-0.05, 0) is 73.3 Å². The Morgan fingerprint density at radius 3 is 2.48 bits per heavy atom. The van der Waals surface area contributed by atoms with Crippen LogP contribution in [0.2, 0.25) is 0 Å². The molecule has 1 N–H and O–H groups in total. The summed E-state index contributed by atoms with van der Waals surface area (Å²) in [7, 11) is 0. The van der Waals surface area contributed by atoms with Crippen molar-refractivity contribution in [1.82, 2.24) is 34.4 Å². The number of pyridine rings is 2. The van der Waals surface area contributed by atoms with E-state index in [9.17, 15) is 5.26 Å². The van der Waals surface area contributed by atoms with Crippen molar-refractivity contribution < 1.29 is 0 Å². The number of aryl methyl sites for hydroxylation is 1. The third-order valence-electron chi connectivity index (χ3n) is 8.15. The molecular weight excluding hydrogens is 520 g/mol. The van der Waals surface area contributed by atoms with Crippen LogP contribution in [0.3, 0.4) is 0 Å². The maximum absolute atomic E-state index is 9.24.